The SMILES string of the molecule is COc1ccccc1-c1nc(-c2ccc(N3CCN(C)CC3)cn2)no1. The highest BCUT2D eigenvalue weighted by atomic mass is 16.5. The van der Waals surface area contributed by atoms with Crippen molar-refractivity contribution in [3.05, 3.63) is 42.6 Å². The van der Waals surface area contributed by atoms with E-state index in [2.05, 4.69) is 38.0 Å². The van der Waals surface area contributed by atoms with Gasteiger partial charge in [0, 0.05) is 26.2 Å². The van der Waals surface area contributed by atoms with Crippen molar-refractivity contribution in [3.63, 3.8) is 0 Å². The summed E-state index contributed by atoms with van der Waals surface area (Å²) in [5.74, 6) is 1.58. The largest absolute Gasteiger partial charge is 0.496 e. The lowest BCUT2D eigenvalue weighted by atomic mass is 10.2. The second-order valence-electron chi connectivity index (χ2n) is 6.32. The van der Waals surface area contributed by atoms with E-state index in [4.69, 9.17) is 9.26 Å². The van der Waals surface area contributed by atoms with Crippen LogP contribution in [-0.2, 0) is 0 Å². The van der Waals surface area contributed by atoms with Gasteiger partial charge < -0.3 is 19.1 Å². The van der Waals surface area contributed by atoms with E-state index in [1.54, 1.807) is 7.11 Å². The third-order valence-electron chi connectivity index (χ3n) is 4.61. The molecule has 0 aliphatic carbocycles. The smallest absolute Gasteiger partial charge is 0.262 e. The second-order valence-corrected chi connectivity index (χ2v) is 6.32. The quantitative estimate of drug-likeness (QED) is 0.715. The Bertz CT molecular complexity index is 870. The van der Waals surface area contributed by atoms with E-state index >= 15 is 0 Å². The van der Waals surface area contributed by atoms with Gasteiger partial charge in [-0.2, -0.15) is 4.98 Å². The topological polar surface area (TPSA) is 67.5 Å². The molecule has 2 aromatic heterocycles. The Hall–Kier alpha value is -2.93. The Morgan fingerprint density at radius 3 is 2.58 bits per heavy atom. The van der Waals surface area contributed by atoms with Crippen molar-refractivity contribution < 1.29 is 9.26 Å². The monoisotopic (exact) mass is 351 g/mol. The number of aromatic nitrogens is 3. The molecule has 26 heavy (non-hydrogen) atoms. The van der Waals surface area contributed by atoms with Crippen LogP contribution < -0.4 is 9.64 Å². The fraction of sp³-hybridized carbons (Fsp3) is 0.316. The molecular formula is C19H21N5O2. The number of methoxy groups -OCH3 is 1. The standard InChI is InChI=1S/C19H21N5O2/c1-23-9-11-24(12-10-23)14-7-8-16(20-13-14)18-21-19(26-22-18)15-5-3-4-6-17(15)25-2/h3-8,13H,9-12H2,1-2H3. The summed E-state index contributed by atoms with van der Waals surface area (Å²) < 4.78 is 10.8. The number of piperazine rings is 1. The van der Waals surface area contributed by atoms with Crippen molar-refractivity contribution in [2.75, 3.05) is 45.2 Å². The van der Waals surface area contributed by atoms with Crippen LogP contribution >= 0.6 is 0 Å². The first kappa shape index (κ1) is 16.5. The van der Waals surface area contributed by atoms with Crippen molar-refractivity contribution in [1.82, 2.24) is 20.0 Å². The summed E-state index contributed by atoms with van der Waals surface area (Å²) in [5.41, 5.74) is 2.57. The fourth-order valence-electron chi connectivity index (χ4n) is 3.03. The summed E-state index contributed by atoms with van der Waals surface area (Å²) in [6.07, 6.45) is 1.87. The number of benzene rings is 1. The Morgan fingerprint density at radius 2 is 1.85 bits per heavy atom. The van der Waals surface area contributed by atoms with Crippen LogP contribution in [0.15, 0.2) is 47.1 Å². The summed E-state index contributed by atoms with van der Waals surface area (Å²) in [6, 6.07) is 11.6. The van der Waals surface area contributed by atoms with Gasteiger partial charge in [0.1, 0.15) is 11.4 Å². The zero-order valence-corrected chi connectivity index (χ0v) is 14.9. The van der Waals surface area contributed by atoms with Gasteiger partial charge in [-0.1, -0.05) is 17.3 Å². The molecule has 0 bridgehead atoms. The molecule has 3 heterocycles. The van der Waals surface area contributed by atoms with Gasteiger partial charge in [-0.05, 0) is 31.3 Å². The molecule has 1 aliphatic heterocycles. The molecule has 4 rings (SSSR count). The first-order valence-corrected chi connectivity index (χ1v) is 8.61. The van der Waals surface area contributed by atoms with Crippen LogP contribution in [0.4, 0.5) is 5.69 Å². The molecule has 3 aromatic rings. The minimum atomic E-state index is 0.419. The molecule has 1 aliphatic rings. The van der Waals surface area contributed by atoms with E-state index in [0.29, 0.717) is 23.2 Å². The minimum absolute atomic E-state index is 0.419. The number of rotatable bonds is 4. The molecule has 0 N–H and O–H groups in total. The van der Waals surface area contributed by atoms with Crippen LogP contribution in [0.2, 0.25) is 0 Å². The number of likely N-dealkylation sites (N-methyl/N-ethyl adjacent to an activating group) is 1. The molecule has 7 nitrogen and oxygen atoms in total. The summed E-state index contributed by atoms with van der Waals surface area (Å²) in [6.45, 7) is 4.15. The van der Waals surface area contributed by atoms with Crippen molar-refractivity contribution in [3.8, 4) is 28.7 Å². The molecule has 1 fully saturated rings. The van der Waals surface area contributed by atoms with Crippen LogP contribution in [0.3, 0.4) is 0 Å². The highest BCUT2D eigenvalue weighted by Gasteiger charge is 2.17. The Kier molecular flexibility index (Phi) is 4.53. The maximum absolute atomic E-state index is 5.41. The van der Waals surface area contributed by atoms with Crippen molar-refractivity contribution >= 4 is 5.69 Å². The predicted molar refractivity (Wildman–Crippen MR) is 99.2 cm³/mol. The van der Waals surface area contributed by atoms with Gasteiger partial charge >= 0.3 is 0 Å². The van der Waals surface area contributed by atoms with Crippen molar-refractivity contribution in [2.45, 2.75) is 0 Å². The van der Waals surface area contributed by atoms with Crippen LogP contribution in [-0.4, -0.2) is 60.4 Å². The van der Waals surface area contributed by atoms with E-state index in [0.717, 1.165) is 37.4 Å². The van der Waals surface area contributed by atoms with E-state index in [-0.39, 0.29) is 0 Å². The highest BCUT2D eigenvalue weighted by Crippen LogP contribution is 2.29. The number of hydrogen-bond acceptors (Lipinski definition) is 7. The molecule has 0 atom stereocenters. The third kappa shape index (κ3) is 3.25. The molecule has 1 aromatic carbocycles. The van der Waals surface area contributed by atoms with Gasteiger partial charge in [0.15, 0.2) is 0 Å². The Labute approximate surface area is 152 Å². The zero-order chi connectivity index (χ0) is 17.9. The van der Waals surface area contributed by atoms with Gasteiger partial charge in [-0.15, -0.1) is 0 Å². The van der Waals surface area contributed by atoms with Crippen molar-refractivity contribution in [1.29, 1.82) is 0 Å². The first-order chi connectivity index (χ1) is 12.7. The number of ether oxygens (including phenoxy) is 1. The summed E-state index contributed by atoms with van der Waals surface area (Å²) in [4.78, 5) is 13.7. The summed E-state index contributed by atoms with van der Waals surface area (Å²) >= 11 is 0. The number of para-hydroxylation sites is 1. The molecular weight excluding hydrogens is 330 g/mol. The second kappa shape index (κ2) is 7.13. The summed E-state index contributed by atoms with van der Waals surface area (Å²) in [7, 11) is 3.77. The van der Waals surface area contributed by atoms with Crippen LogP contribution in [0.25, 0.3) is 23.0 Å². The fourth-order valence-corrected chi connectivity index (χ4v) is 3.03. The van der Waals surface area contributed by atoms with Gasteiger partial charge in [0.05, 0.1) is 24.6 Å². The third-order valence-corrected chi connectivity index (χ3v) is 4.61. The van der Waals surface area contributed by atoms with Crippen LogP contribution in [0.1, 0.15) is 0 Å². The maximum atomic E-state index is 5.41. The zero-order valence-electron chi connectivity index (χ0n) is 14.9. The average Bonchev–Trinajstić information content (AvgIpc) is 3.19. The lowest BCUT2D eigenvalue weighted by Gasteiger charge is -2.33. The lowest BCUT2D eigenvalue weighted by molar-refractivity contribution is 0.313. The molecule has 0 radical (unpaired) electrons. The van der Waals surface area contributed by atoms with Crippen LogP contribution in [0, 0.1) is 0 Å². The summed E-state index contributed by atoms with van der Waals surface area (Å²) in [5, 5.41) is 4.07. The Balaban J connectivity index is 1.54. The molecule has 134 valence electrons. The predicted octanol–water partition coefficient (Wildman–Crippen LogP) is 2.56. The number of nitrogens with zero attached hydrogens (tertiary/aromatic N) is 5. The molecule has 7 heteroatoms. The lowest BCUT2D eigenvalue weighted by Crippen LogP contribution is -2.44. The molecule has 1 saturated heterocycles. The Morgan fingerprint density at radius 1 is 1.04 bits per heavy atom. The normalized spacial score (nSPS) is 15.2. The van der Waals surface area contributed by atoms with E-state index in [9.17, 15) is 0 Å². The average molecular weight is 351 g/mol. The van der Waals surface area contributed by atoms with E-state index in [1.807, 2.05) is 36.5 Å². The molecule has 0 unspecified atom stereocenters. The maximum Gasteiger partial charge on any atom is 0.262 e. The van der Waals surface area contributed by atoms with E-state index in [1.165, 1.54) is 0 Å². The number of anilines is 1. The van der Waals surface area contributed by atoms with E-state index < -0.39 is 0 Å². The molecule has 0 saturated carbocycles. The highest BCUT2D eigenvalue weighted by molar-refractivity contribution is 5.64. The number of pyridine rings is 1. The first-order valence-electron chi connectivity index (χ1n) is 8.61. The molecule has 0 spiro atoms. The van der Waals surface area contributed by atoms with Gasteiger partial charge in [-0.3, -0.25) is 4.98 Å². The van der Waals surface area contributed by atoms with Gasteiger partial charge in [-0.25, -0.2) is 0 Å². The van der Waals surface area contributed by atoms with Crippen molar-refractivity contribution in [2.24, 2.45) is 0 Å². The van der Waals surface area contributed by atoms with Gasteiger partial charge in [0.2, 0.25) is 5.82 Å². The van der Waals surface area contributed by atoms with Crippen LogP contribution in [0.5, 0.6) is 5.75 Å². The number of hydrogen-bond donors (Lipinski definition) is 0. The molecule has 0 amide bonds. The minimum Gasteiger partial charge on any atom is -0.496 e. The van der Waals surface area contributed by atoms with Gasteiger partial charge in [0.25, 0.3) is 5.89 Å².